The van der Waals surface area contributed by atoms with Gasteiger partial charge in [-0.15, -0.1) is 5.10 Å². The SMILES string of the molecule is COC(=O)CCCC(=O)N1CCC(Nc2nc(NCc3cn(CCCNCCCNC4CCCCC4)nn3)nc3ccccc23)CC1. The van der Waals surface area contributed by atoms with Crippen molar-refractivity contribution in [1.82, 2.24) is 40.5 Å². The fourth-order valence-electron chi connectivity index (χ4n) is 6.39. The lowest BCUT2D eigenvalue weighted by Gasteiger charge is -2.33. The minimum Gasteiger partial charge on any atom is -0.469 e. The normalized spacial score (nSPS) is 16.0. The molecule has 13 nitrogen and oxygen atoms in total. The second-order valence-corrected chi connectivity index (χ2v) is 12.7. The van der Waals surface area contributed by atoms with Gasteiger partial charge in [-0.1, -0.05) is 36.6 Å². The van der Waals surface area contributed by atoms with Crippen molar-refractivity contribution in [1.29, 1.82) is 0 Å². The molecule has 256 valence electrons. The first-order valence-corrected chi connectivity index (χ1v) is 17.5. The summed E-state index contributed by atoms with van der Waals surface area (Å²) in [4.78, 5) is 35.4. The van der Waals surface area contributed by atoms with Gasteiger partial charge in [-0.3, -0.25) is 14.3 Å². The highest BCUT2D eigenvalue weighted by atomic mass is 16.5. The Morgan fingerprint density at radius 3 is 2.55 bits per heavy atom. The lowest BCUT2D eigenvalue weighted by atomic mass is 9.95. The number of para-hydroxylation sites is 1. The van der Waals surface area contributed by atoms with Crippen LogP contribution in [0.3, 0.4) is 0 Å². The number of carbonyl (C=O) groups is 2. The van der Waals surface area contributed by atoms with Crippen LogP contribution < -0.4 is 21.3 Å². The number of aromatic nitrogens is 5. The number of likely N-dealkylation sites (tertiary alicyclic amines) is 1. The summed E-state index contributed by atoms with van der Waals surface area (Å²) in [6.07, 6.45) is 13.7. The molecule has 5 rings (SSSR count). The van der Waals surface area contributed by atoms with E-state index < -0.39 is 0 Å². The van der Waals surface area contributed by atoms with E-state index in [0.29, 0.717) is 38.4 Å². The molecule has 0 bridgehead atoms. The molecule has 2 aromatic heterocycles. The van der Waals surface area contributed by atoms with Crippen LogP contribution in [-0.4, -0.2) is 93.7 Å². The second kappa shape index (κ2) is 18.5. The van der Waals surface area contributed by atoms with Crippen molar-refractivity contribution < 1.29 is 14.3 Å². The molecule has 2 aliphatic rings. The molecule has 47 heavy (non-hydrogen) atoms. The molecule has 13 heteroatoms. The van der Waals surface area contributed by atoms with Crippen LogP contribution in [0.2, 0.25) is 0 Å². The van der Waals surface area contributed by atoms with E-state index in [-0.39, 0.29) is 24.3 Å². The van der Waals surface area contributed by atoms with E-state index in [1.54, 1.807) is 0 Å². The number of methoxy groups -OCH3 is 1. The summed E-state index contributed by atoms with van der Waals surface area (Å²) in [6, 6.07) is 8.90. The van der Waals surface area contributed by atoms with Crippen molar-refractivity contribution in [2.75, 3.05) is 50.5 Å². The van der Waals surface area contributed by atoms with Crippen molar-refractivity contribution in [2.24, 2.45) is 0 Å². The molecule has 2 fully saturated rings. The molecule has 0 radical (unpaired) electrons. The van der Waals surface area contributed by atoms with Crippen molar-refractivity contribution in [2.45, 2.75) is 102 Å². The fraction of sp³-hybridized carbons (Fsp3) is 0.647. The van der Waals surface area contributed by atoms with Crippen LogP contribution in [0.4, 0.5) is 11.8 Å². The second-order valence-electron chi connectivity index (χ2n) is 12.7. The number of rotatable bonds is 18. The Bertz CT molecular complexity index is 1400. The Hall–Kier alpha value is -3.84. The molecule has 1 aromatic carbocycles. The molecule has 0 unspecified atom stereocenters. The number of amides is 1. The summed E-state index contributed by atoms with van der Waals surface area (Å²) in [5.74, 6) is 1.12. The first kappa shape index (κ1) is 34.5. The largest absolute Gasteiger partial charge is 0.469 e. The Morgan fingerprint density at radius 2 is 1.72 bits per heavy atom. The molecule has 0 spiro atoms. The number of hydrogen-bond acceptors (Lipinski definition) is 11. The van der Waals surface area contributed by atoms with Gasteiger partial charge in [0.05, 0.1) is 25.4 Å². The lowest BCUT2D eigenvalue weighted by Crippen LogP contribution is -2.42. The van der Waals surface area contributed by atoms with E-state index in [1.807, 2.05) is 40.0 Å². The van der Waals surface area contributed by atoms with Crippen molar-refractivity contribution >= 4 is 34.5 Å². The van der Waals surface area contributed by atoms with Crippen LogP contribution in [-0.2, 0) is 27.4 Å². The first-order valence-electron chi connectivity index (χ1n) is 17.5. The van der Waals surface area contributed by atoms with Gasteiger partial charge in [-0.25, -0.2) is 4.98 Å². The van der Waals surface area contributed by atoms with E-state index in [1.165, 1.54) is 39.2 Å². The van der Waals surface area contributed by atoms with Crippen molar-refractivity contribution in [3.63, 3.8) is 0 Å². The molecule has 1 aliphatic carbocycles. The zero-order valence-electron chi connectivity index (χ0n) is 27.9. The number of fused-ring (bicyclic) bond motifs is 1. The Labute approximate surface area is 278 Å². The number of benzene rings is 1. The minimum absolute atomic E-state index is 0.0907. The highest BCUT2D eigenvalue weighted by molar-refractivity contribution is 5.90. The zero-order valence-corrected chi connectivity index (χ0v) is 27.9. The molecular weight excluding hydrogens is 596 g/mol. The summed E-state index contributed by atoms with van der Waals surface area (Å²) in [5, 5.41) is 23.8. The van der Waals surface area contributed by atoms with Gasteiger partial charge >= 0.3 is 5.97 Å². The van der Waals surface area contributed by atoms with Gasteiger partial charge in [0.2, 0.25) is 11.9 Å². The predicted octanol–water partition coefficient (Wildman–Crippen LogP) is 3.87. The summed E-state index contributed by atoms with van der Waals surface area (Å²) >= 11 is 0. The van der Waals surface area contributed by atoms with Crippen LogP contribution >= 0.6 is 0 Å². The van der Waals surface area contributed by atoms with Crippen LogP contribution in [0.5, 0.6) is 0 Å². The number of anilines is 2. The number of hydrogen-bond donors (Lipinski definition) is 4. The number of carbonyl (C=O) groups excluding carboxylic acids is 2. The Kier molecular flexibility index (Phi) is 13.6. The van der Waals surface area contributed by atoms with E-state index >= 15 is 0 Å². The predicted molar refractivity (Wildman–Crippen MR) is 183 cm³/mol. The van der Waals surface area contributed by atoms with Crippen molar-refractivity contribution in [3.8, 4) is 0 Å². The monoisotopic (exact) mass is 648 g/mol. The van der Waals surface area contributed by atoms with Crippen LogP contribution in [0.25, 0.3) is 10.9 Å². The lowest BCUT2D eigenvalue weighted by molar-refractivity contribution is -0.141. The fourth-order valence-corrected chi connectivity index (χ4v) is 6.39. The van der Waals surface area contributed by atoms with Crippen molar-refractivity contribution in [3.05, 3.63) is 36.2 Å². The highest BCUT2D eigenvalue weighted by Crippen LogP contribution is 2.25. The number of piperidine rings is 1. The molecular formula is C34H52N10O3. The third-order valence-corrected chi connectivity index (χ3v) is 9.11. The molecule has 3 heterocycles. The summed E-state index contributed by atoms with van der Waals surface area (Å²) in [7, 11) is 1.37. The molecule has 1 aliphatic heterocycles. The summed E-state index contributed by atoms with van der Waals surface area (Å²) < 4.78 is 6.57. The maximum absolute atomic E-state index is 12.6. The Morgan fingerprint density at radius 1 is 0.915 bits per heavy atom. The standard InChI is InChI=1S/C34H52N10O3/c1-47-32(46)15-7-14-31(45)43-22-16-27(17-23-43)38-33-29-12-5-6-13-30(29)39-34(40-33)37-24-28-25-44(42-41-28)21-9-19-35-18-8-20-36-26-10-3-2-4-11-26/h5-6,12-13,25-27,35-36H,2-4,7-11,14-24H2,1H3,(H2,37,38,39,40). The third kappa shape index (κ3) is 11.1. The molecule has 1 saturated heterocycles. The van der Waals surface area contributed by atoms with Gasteiger partial charge in [-0.05, 0) is 76.7 Å². The number of aryl methyl sites for hydroxylation is 1. The maximum Gasteiger partial charge on any atom is 0.305 e. The van der Waals surface area contributed by atoms with Gasteiger partial charge in [0.1, 0.15) is 11.5 Å². The highest BCUT2D eigenvalue weighted by Gasteiger charge is 2.24. The number of esters is 1. The summed E-state index contributed by atoms with van der Waals surface area (Å²) in [6.45, 7) is 5.73. The molecule has 1 amide bonds. The smallest absolute Gasteiger partial charge is 0.305 e. The number of ether oxygens (including phenoxy) is 1. The average molecular weight is 649 g/mol. The van der Waals surface area contributed by atoms with Crippen LogP contribution in [0.1, 0.15) is 82.7 Å². The zero-order chi connectivity index (χ0) is 32.7. The van der Waals surface area contributed by atoms with E-state index in [0.717, 1.165) is 80.3 Å². The maximum atomic E-state index is 12.6. The minimum atomic E-state index is -0.278. The molecule has 4 N–H and O–H groups in total. The van der Waals surface area contributed by atoms with E-state index in [4.69, 9.17) is 9.97 Å². The third-order valence-electron chi connectivity index (χ3n) is 9.11. The first-order chi connectivity index (χ1) is 23.1. The van der Waals surface area contributed by atoms with Crippen LogP contribution in [0, 0.1) is 0 Å². The van der Waals surface area contributed by atoms with Gasteiger partial charge in [-0.2, -0.15) is 4.98 Å². The number of nitrogens with zero attached hydrogens (tertiary/aromatic N) is 6. The van der Waals surface area contributed by atoms with Gasteiger partial charge < -0.3 is 30.9 Å². The molecule has 1 saturated carbocycles. The van der Waals surface area contributed by atoms with E-state index in [2.05, 4.69) is 36.3 Å². The molecule has 3 aromatic rings. The average Bonchev–Trinajstić information content (AvgIpc) is 3.56. The summed E-state index contributed by atoms with van der Waals surface area (Å²) in [5.41, 5.74) is 1.69. The number of nitrogens with one attached hydrogen (secondary N) is 4. The van der Waals surface area contributed by atoms with Gasteiger partial charge in [0, 0.05) is 49.9 Å². The van der Waals surface area contributed by atoms with Gasteiger partial charge in [0.25, 0.3) is 0 Å². The van der Waals surface area contributed by atoms with E-state index in [9.17, 15) is 9.59 Å². The van der Waals surface area contributed by atoms with Gasteiger partial charge in [0.15, 0.2) is 0 Å². The van der Waals surface area contributed by atoms with Crippen LogP contribution in [0.15, 0.2) is 30.5 Å². The quantitative estimate of drug-likeness (QED) is 0.118. The topological polar surface area (TPSA) is 151 Å². The molecule has 0 atom stereocenters. The Balaban J connectivity index is 1.03.